The Bertz CT molecular complexity index is 1660. The molecule has 0 bridgehead atoms. The van der Waals surface area contributed by atoms with Gasteiger partial charge in [0.1, 0.15) is 5.82 Å². The second kappa shape index (κ2) is 12.8. The van der Waals surface area contributed by atoms with Crippen LogP contribution in [0.25, 0.3) is 21.8 Å². The van der Waals surface area contributed by atoms with Crippen molar-refractivity contribution in [2.75, 3.05) is 43.1 Å². The first-order chi connectivity index (χ1) is 19.4. The maximum atomic E-state index is 13.5. The number of ether oxygens (including phenoxy) is 2. The summed E-state index contributed by atoms with van der Waals surface area (Å²) in [4.78, 5) is 38.7. The summed E-state index contributed by atoms with van der Waals surface area (Å²) in [5.41, 5.74) is 1.93. The van der Waals surface area contributed by atoms with Gasteiger partial charge in [0.05, 0.1) is 29.6 Å². The molecule has 1 aliphatic heterocycles. The first kappa shape index (κ1) is 30.2. The van der Waals surface area contributed by atoms with Crippen LogP contribution in [0, 0.1) is 6.92 Å². The van der Waals surface area contributed by atoms with Gasteiger partial charge in [0.2, 0.25) is 5.95 Å². The molecule has 0 amide bonds. The van der Waals surface area contributed by atoms with E-state index >= 15 is 0 Å². The molecule has 1 N–H and O–H groups in total. The third-order valence-electron chi connectivity index (χ3n) is 7.46. The number of piperidine rings is 1. The number of anilines is 2. The topological polar surface area (TPSA) is 104 Å². The lowest BCUT2D eigenvalue weighted by atomic mass is 10.0. The minimum atomic E-state index is -0.275. The Labute approximate surface area is 245 Å². The molecule has 0 saturated carbocycles. The molecule has 1 fully saturated rings. The van der Waals surface area contributed by atoms with Gasteiger partial charge in [0.25, 0.3) is 5.56 Å². The van der Waals surface area contributed by atoms with Gasteiger partial charge in [-0.15, -0.1) is 12.4 Å². The number of aromatic nitrogens is 4. The third kappa shape index (κ3) is 5.84. The van der Waals surface area contributed by atoms with Crippen LogP contribution in [-0.4, -0.2) is 52.0 Å². The maximum Gasteiger partial charge on any atom is 0.331 e. The van der Waals surface area contributed by atoms with Crippen LogP contribution in [0.2, 0.25) is 0 Å². The minimum Gasteiger partial charge on any atom is -0.490 e. The fourth-order valence-corrected chi connectivity index (χ4v) is 5.47. The first-order valence-corrected chi connectivity index (χ1v) is 14.2. The van der Waals surface area contributed by atoms with E-state index in [1.165, 1.54) is 4.57 Å². The van der Waals surface area contributed by atoms with E-state index in [0.717, 1.165) is 35.2 Å². The number of benzene rings is 2. The molecule has 2 aromatic carbocycles. The van der Waals surface area contributed by atoms with E-state index in [2.05, 4.69) is 17.1 Å². The third-order valence-corrected chi connectivity index (χ3v) is 7.46. The molecular weight excluding hydrogens is 544 g/mol. The lowest BCUT2D eigenvalue weighted by molar-refractivity contribution is 0.288. The van der Waals surface area contributed by atoms with Gasteiger partial charge in [-0.25, -0.2) is 9.78 Å². The van der Waals surface area contributed by atoms with Gasteiger partial charge in [0, 0.05) is 44.2 Å². The van der Waals surface area contributed by atoms with Crippen LogP contribution < -0.4 is 30.9 Å². The van der Waals surface area contributed by atoms with Crippen LogP contribution in [0.15, 0.2) is 39.9 Å². The molecule has 0 radical (unpaired) electrons. The van der Waals surface area contributed by atoms with E-state index in [9.17, 15) is 9.59 Å². The van der Waals surface area contributed by atoms with Crippen molar-refractivity contribution >= 4 is 46.0 Å². The summed E-state index contributed by atoms with van der Waals surface area (Å²) in [5.74, 6) is 2.68. The van der Waals surface area contributed by atoms with Crippen molar-refractivity contribution in [3.63, 3.8) is 0 Å². The largest absolute Gasteiger partial charge is 0.490 e. The Kier molecular flexibility index (Phi) is 9.42. The number of hydrogen-bond donors (Lipinski definition) is 1. The summed E-state index contributed by atoms with van der Waals surface area (Å²) in [6.07, 6.45) is 2.24. The highest BCUT2D eigenvalue weighted by Crippen LogP contribution is 2.37. The van der Waals surface area contributed by atoms with Crippen LogP contribution in [-0.2, 0) is 7.05 Å². The Balaban J connectivity index is 0.00000387. The molecule has 1 aliphatic rings. The van der Waals surface area contributed by atoms with Crippen molar-refractivity contribution in [3.05, 3.63) is 56.7 Å². The zero-order chi connectivity index (χ0) is 28.4. The lowest BCUT2D eigenvalue weighted by Gasteiger charge is -2.34. The second-order valence-electron chi connectivity index (χ2n) is 10.2. The number of fused-ring (bicyclic) bond motifs is 2. The van der Waals surface area contributed by atoms with Gasteiger partial charge in [-0.2, -0.15) is 4.98 Å². The SMILES string of the molecule is CCCNc1nc(N2CCC(n3c(=O)c4cc(C)ccc4n(C)c3=O)CC2)c2cc(OCC)c(OCC)cc2n1.Cl. The average molecular weight is 583 g/mol. The molecule has 2 aromatic heterocycles. The molecular formula is C30H39ClN6O4. The standard InChI is InChI=1S/C30H38N6O4.ClH/c1-6-13-31-29-32-23-18-26(40-8-3)25(39-7-2)17-21(23)27(33-29)35-14-11-20(12-15-35)36-28(37)22-16-19(4)9-10-24(22)34(5)30(36)38;/h9-10,16-18,20H,6-8,11-15H2,1-5H3,(H,31,32,33);1H. The molecule has 0 aliphatic carbocycles. The summed E-state index contributed by atoms with van der Waals surface area (Å²) in [7, 11) is 1.73. The average Bonchev–Trinajstić information content (AvgIpc) is 2.95. The number of nitrogens with zero attached hydrogens (tertiary/aromatic N) is 5. The van der Waals surface area contributed by atoms with Crippen LogP contribution in [0.1, 0.15) is 51.6 Å². The van der Waals surface area contributed by atoms with E-state index < -0.39 is 0 Å². The van der Waals surface area contributed by atoms with Crippen molar-refractivity contribution in [2.24, 2.45) is 7.05 Å². The van der Waals surface area contributed by atoms with E-state index in [4.69, 9.17) is 19.4 Å². The van der Waals surface area contributed by atoms with E-state index in [1.807, 2.05) is 51.1 Å². The fourth-order valence-electron chi connectivity index (χ4n) is 5.47. The van der Waals surface area contributed by atoms with Crippen molar-refractivity contribution in [1.29, 1.82) is 0 Å². The van der Waals surface area contributed by atoms with Crippen molar-refractivity contribution in [2.45, 2.75) is 53.0 Å². The highest BCUT2D eigenvalue weighted by Gasteiger charge is 2.27. The van der Waals surface area contributed by atoms with E-state index in [-0.39, 0.29) is 29.7 Å². The monoisotopic (exact) mass is 582 g/mol. The quantitative estimate of drug-likeness (QED) is 0.299. The molecule has 0 spiro atoms. The summed E-state index contributed by atoms with van der Waals surface area (Å²) in [6, 6.07) is 9.32. The van der Waals surface area contributed by atoms with Crippen LogP contribution in [0.5, 0.6) is 11.5 Å². The van der Waals surface area contributed by atoms with Crippen molar-refractivity contribution < 1.29 is 9.47 Å². The summed E-state index contributed by atoms with van der Waals surface area (Å²) < 4.78 is 14.8. The van der Waals surface area contributed by atoms with Gasteiger partial charge in [0.15, 0.2) is 11.5 Å². The molecule has 220 valence electrons. The normalized spacial score (nSPS) is 13.8. The van der Waals surface area contributed by atoms with Gasteiger partial charge < -0.3 is 19.7 Å². The van der Waals surface area contributed by atoms with E-state index in [0.29, 0.717) is 67.5 Å². The molecule has 41 heavy (non-hydrogen) atoms. The zero-order valence-corrected chi connectivity index (χ0v) is 25.2. The second-order valence-corrected chi connectivity index (χ2v) is 10.2. The Morgan fingerprint density at radius 3 is 2.29 bits per heavy atom. The first-order valence-electron chi connectivity index (χ1n) is 14.2. The molecule has 5 rings (SSSR count). The smallest absolute Gasteiger partial charge is 0.331 e. The summed E-state index contributed by atoms with van der Waals surface area (Å²) in [6.45, 7) is 11.0. The van der Waals surface area contributed by atoms with Crippen LogP contribution in [0.3, 0.4) is 0 Å². The molecule has 4 aromatic rings. The highest BCUT2D eigenvalue weighted by atomic mass is 35.5. The van der Waals surface area contributed by atoms with Crippen LogP contribution >= 0.6 is 12.4 Å². The molecule has 3 heterocycles. The van der Waals surface area contributed by atoms with Gasteiger partial charge >= 0.3 is 5.69 Å². The predicted octanol–water partition coefficient (Wildman–Crippen LogP) is 4.83. The van der Waals surface area contributed by atoms with Crippen molar-refractivity contribution in [3.8, 4) is 11.5 Å². The van der Waals surface area contributed by atoms with Gasteiger partial charge in [-0.05, 0) is 58.2 Å². The fraction of sp³-hybridized carbons (Fsp3) is 0.467. The lowest BCUT2D eigenvalue weighted by Crippen LogP contribution is -2.45. The number of halogens is 1. The minimum absolute atomic E-state index is 0. The maximum absolute atomic E-state index is 13.5. The molecule has 10 nitrogen and oxygen atoms in total. The zero-order valence-electron chi connectivity index (χ0n) is 24.4. The molecule has 1 saturated heterocycles. The van der Waals surface area contributed by atoms with Crippen LogP contribution in [0.4, 0.5) is 11.8 Å². The predicted molar refractivity (Wildman–Crippen MR) is 167 cm³/mol. The van der Waals surface area contributed by atoms with Gasteiger partial charge in [-0.3, -0.25) is 13.9 Å². The molecule has 0 atom stereocenters. The number of hydrogen-bond acceptors (Lipinski definition) is 8. The van der Waals surface area contributed by atoms with Crippen molar-refractivity contribution in [1.82, 2.24) is 19.1 Å². The molecule has 11 heteroatoms. The van der Waals surface area contributed by atoms with Gasteiger partial charge in [-0.1, -0.05) is 18.6 Å². The Hall–Kier alpha value is -3.79. The Morgan fingerprint density at radius 1 is 0.951 bits per heavy atom. The number of aryl methyl sites for hydroxylation is 2. The van der Waals surface area contributed by atoms with E-state index in [1.54, 1.807) is 11.6 Å². The Morgan fingerprint density at radius 2 is 1.63 bits per heavy atom. The highest BCUT2D eigenvalue weighted by molar-refractivity contribution is 5.93. The summed E-state index contributed by atoms with van der Waals surface area (Å²) in [5, 5.41) is 4.78. The number of nitrogens with one attached hydrogen (secondary N) is 1. The summed E-state index contributed by atoms with van der Waals surface area (Å²) >= 11 is 0. The number of rotatable bonds is 9. The molecule has 0 unspecified atom stereocenters.